The van der Waals surface area contributed by atoms with Crippen molar-refractivity contribution < 1.29 is 14.6 Å². The quantitative estimate of drug-likeness (QED) is 0.351. The van der Waals surface area contributed by atoms with Gasteiger partial charge in [-0.2, -0.15) is 0 Å². The number of aliphatic hydroxyl groups excluding tert-OH is 1. The van der Waals surface area contributed by atoms with Crippen molar-refractivity contribution in [2.75, 3.05) is 6.61 Å². The average molecular weight is 471 g/mol. The van der Waals surface area contributed by atoms with Crippen molar-refractivity contribution in [1.82, 2.24) is 0 Å². The molecule has 0 radical (unpaired) electrons. The second-order valence-corrected chi connectivity index (χ2v) is 14.3. The number of aliphatic hydroxyl groups is 1. The fourth-order valence-corrected chi connectivity index (χ4v) is 11.4. The molecule has 0 bridgehead atoms. The summed E-state index contributed by atoms with van der Waals surface area (Å²) in [6.45, 7) is 19.1. The zero-order valence-corrected chi connectivity index (χ0v) is 22.8. The number of rotatable bonds is 3. The van der Waals surface area contributed by atoms with Crippen LogP contribution in [0.25, 0.3) is 0 Å². The molecule has 11 atom stereocenters. The van der Waals surface area contributed by atoms with Gasteiger partial charge in [0.2, 0.25) is 0 Å². The monoisotopic (exact) mass is 470 g/mol. The van der Waals surface area contributed by atoms with Gasteiger partial charge in [-0.15, -0.1) is 0 Å². The van der Waals surface area contributed by atoms with Crippen LogP contribution in [0.5, 0.6) is 0 Å². The van der Waals surface area contributed by atoms with Crippen molar-refractivity contribution in [2.24, 2.45) is 57.2 Å². The summed E-state index contributed by atoms with van der Waals surface area (Å²) in [5.74, 6) is 3.57. The molecule has 4 unspecified atom stereocenters. The Balaban J connectivity index is 1.52. The van der Waals surface area contributed by atoms with Crippen LogP contribution in [0.2, 0.25) is 0 Å². The van der Waals surface area contributed by atoms with Crippen molar-refractivity contribution in [3.63, 3.8) is 0 Å². The Labute approximate surface area is 208 Å². The molecule has 0 spiro atoms. The van der Waals surface area contributed by atoms with Gasteiger partial charge in [-0.05, 0) is 123 Å². The number of fused-ring (bicyclic) bond motifs is 7. The Morgan fingerprint density at radius 3 is 2.32 bits per heavy atom. The molecular weight excluding hydrogens is 420 g/mol. The molecule has 192 valence electrons. The summed E-state index contributed by atoms with van der Waals surface area (Å²) in [4.78, 5) is 11.8. The first-order valence-electron chi connectivity index (χ1n) is 14.4. The molecule has 3 nitrogen and oxygen atoms in total. The minimum Gasteiger partial charge on any atom is -0.465 e. The van der Waals surface area contributed by atoms with Crippen LogP contribution < -0.4 is 0 Å². The van der Waals surface area contributed by atoms with E-state index in [1.165, 1.54) is 63.4 Å². The van der Waals surface area contributed by atoms with Crippen LogP contribution in [0.15, 0.2) is 12.2 Å². The van der Waals surface area contributed by atoms with Gasteiger partial charge in [0.1, 0.15) is 0 Å². The van der Waals surface area contributed by atoms with Crippen molar-refractivity contribution in [2.45, 2.75) is 112 Å². The van der Waals surface area contributed by atoms with Gasteiger partial charge in [0.15, 0.2) is 0 Å². The van der Waals surface area contributed by atoms with Crippen LogP contribution in [0.4, 0.5) is 0 Å². The third kappa shape index (κ3) is 3.20. The Bertz CT molecular complexity index is 850. The van der Waals surface area contributed by atoms with Crippen molar-refractivity contribution in [1.29, 1.82) is 0 Å². The smallest absolute Gasteiger partial charge is 0.302 e. The Hall–Kier alpha value is -0.830. The summed E-state index contributed by atoms with van der Waals surface area (Å²) in [6.07, 6.45) is 12.1. The fourth-order valence-electron chi connectivity index (χ4n) is 11.4. The third-order valence-corrected chi connectivity index (χ3v) is 13.4. The van der Waals surface area contributed by atoms with Gasteiger partial charge in [-0.1, -0.05) is 39.8 Å². The molecule has 0 amide bonds. The Morgan fingerprint density at radius 2 is 1.65 bits per heavy atom. The van der Waals surface area contributed by atoms with Crippen LogP contribution >= 0.6 is 0 Å². The van der Waals surface area contributed by atoms with E-state index in [0.29, 0.717) is 52.4 Å². The first-order chi connectivity index (χ1) is 15.9. The van der Waals surface area contributed by atoms with E-state index in [2.05, 4.69) is 41.2 Å². The number of hydrogen-bond donors (Lipinski definition) is 1. The largest absolute Gasteiger partial charge is 0.465 e. The molecule has 3 heteroatoms. The van der Waals surface area contributed by atoms with Gasteiger partial charge >= 0.3 is 5.97 Å². The van der Waals surface area contributed by atoms with Crippen LogP contribution in [-0.4, -0.2) is 23.8 Å². The summed E-state index contributed by atoms with van der Waals surface area (Å²) in [7, 11) is 0. The average Bonchev–Trinajstić information content (AvgIpc) is 3.16. The summed E-state index contributed by atoms with van der Waals surface area (Å²) in [5.41, 5.74) is 2.52. The molecule has 0 aromatic carbocycles. The second-order valence-electron chi connectivity index (χ2n) is 14.3. The van der Waals surface area contributed by atoms with Gasteiger partial charge in [0, 0.05) is 12.3 Å². The summed E-state index contributed by atoms with van der Waals surface area (Å²) in [6, 6.07) is 0. The lowest BCUT2D eigenvalue weighted by Gasteiger charge is -2.72. The Kier molecular flexibility index (Phi) is 5.91. The van der Waals surface area contributed by atoms with Gasteiger partial charge in [-0.25, -0.2) is 0 Å². The first-order valence-corrected chi connectivity index (χ1v) is 14.4. The number of esters is 1. The predicted octanol–water partition coefficient (Wildman–Crippen LogP) is 7.18. The number of carbonyl (C=O) groups excluding carboxylic acids is 1. The minimum absolute atomic E-state index is 0.110. The SMILES string of the molecule is C=C(C)[C@@H]1CC[C@]2(COC(C)=O)CC[C@]3(C)C(CCC4[C@@]5(C)CC[C@H](O)[C@H](C)C5CC[C@]43C)C12. The van der Waals surface area contributed by atoms with E-state index in [-0.39, 0.29) is 17.5 Å². The van der Waals surface area contributed by atoms with Gasteiger partial charge in [-0.3, -0.25) is 4.79 Å². The minimum atomic E-state index is -0.129. The first kappa shape index (κ1) is 24.8. The van der Waals surface area contributed by atoms with Crippen molar-refractivity contribution >= 4 is 5.97 Å². The zero-order valence-electron chi connectivity index (χ0n) is 22.8. The number of carbonyl (C=O) groups is 1. The lowest BCUT2D eigenvalue weighted by Crippen LogP contribution is -2.65. The molecule has 34 heavy (non-hydrogen) atoms. The van der Waals surface area contributed by atoms with Crippen LogP contribution in [0.1, 0.15) is 106 Å². The maximum atomic E-state index is 11.8. The number of allylic oxidation sites excluding steroid dienone is 1. The molecule has 1 N–H and O–H groups in total. The summed E-state index contributed by atoms with van der Waals surface area (Å²) < 4.78 is 5.77. The lowest BCUT2D eigenvalue weighted by atomic mass is 9.33. The highest BCUT2D eigenvalue weighted by Crippen LogP contribution is 2.76. The van der Waals surface area contributed by atoms with Crippen molar-refractivity contribution in [3.05, 3.63) is 12.2 Å². The maximum Gasteiger partial charge on any atom is 0.302 e. The fraction of sp³-hybridized carbons (Fsp3) is 0.903. The highest BCUT2D eigenvalue weighted by atomic mass is 16.5. The maximum absolute atomic E-state index is 11.8. The normalized spacial score (nSPS) is 54.3. The van der Waals surface area contributed by atoms with Crippen LogP contribution in [-0.2, 0) is 9.53 Å². The van der Waals surface area contributed by atoms with Crippen molar-refractivity contribution in [3.8, 4) is 0 Å². The molecule has 0 saturated heterocycles. The lowest BCUT2D eigenvalue weighted by molar-refractivity contribution is -0.238. The number of ether oxygens (including phenoxy) is 1. The van der Waals surface area contributed by atoms with E-state index in [0.717, 1.165) is 12.3 Å². The molecule has 5 fully saturated rings. The van der Waals surface area contributed by atoms with E-state index in [1.54, 1.807) is 6.92 Å². The van der Waals surface area contributed by atoms with Crippen LogP contribution in [0, 0.1) is 57.2 Å². The van der Waals surface area contributed by atoms with Crippen LogP contribution in [0.3, 0.4) is 0 Å². The molecule has 0 aromatic heterocycles. The zero-order chi connectivity index (χ0) is 24.7. The molecule has 0 aliphatic heterocycles. The van der Waals surface area contributed by atoms with E-state index < -0.39 is 0 Å². The third-order valence-electron chi connectivity index (χ3n) is 13.4. The van der Waals surface area contributed by atoms with E-state index in [9.17, 15) is 9.90 Å². The molecule has 0 heterocycles. The molecular formula is C31H50O3. The molecule has 0 aromatic rings. The van der Waals surface area contributed by atoms with Gasteiger partial charge in [0.05, 0.1) is 12.7 Å². The summed E-state index contributed by atoms with van der Waals surface area (Å²) in [5, 5.41) is 10.7. The van der Waals surface area contributed by atoms with E-state index in [1.807, 2.05) is 0 Å². The highest BCUT2D eigenvalue weighted by Gasteiger charge is 2.70. The standard InChI is InChI=1S/C31H50O3/c1-19(2)22-10-15-31(18-34-21(4)32)17-16-29(6)24(27(22)31)8-9-26-28(5)13-12-25(33)20(3)23(28)11-14-30(26,29)7/h20,22-27,33H,1,8-18H2,2-7H3/t20-,22+,23?,24?,25+,26?,27?,28+,29-,30-,31-/m1/s1. The predicted molar refractivity (Wildman–Crippen MR) is 137 cm³/mol. The molecule has 5 aliphatic rings. The van der Waals surface area contributed by atoms with Gasteiger partial charge in [0.25, 0.3) is 0 Å². The molecule has 5 aliphatic carbocycles. The summed E-state index contributed by atoms with van der Waals surface area (Å²) >= 11 is 0. The highest BCUT2D eigenvalue weighted by molar-refractivity contribution is 5.65. The van der Waals surface area contributed by atoms with Gasteiger partial charge < -0.3 is 9.84 Å². The second kappa shape index (κ2) is 8.09. The number of hydrogen-bond acceptors (Lipinski definition) is 3. The topological polar surface area (TPSA) is 46.5 Å². The van der Waals surface area contributed by atoms with E-state index in [4.69, 9.17) is 4.74 Å². The van der Waals surface area contributed by atoms with E-state index >= 15 is 0 Å². The Morgan fingerprint density at radius 1 is 0.912 bits per heavy atom. The molecule has 5 rings (SSSR count). The molecule has 5 saturated carbocycles.